The van der Waals surface area contributed by atoms with Crippen LogP contribution in [-0.2, 0) is 9.53 Å². The summed E-state index contributed by atoms with van der Waals surface area (Å²) in [6.45, 7) is 3.98. The van der Waals surface area contributed by atoms with Gasteiger partial charge in [0.2, 0.25) is 5.67 Å². The number of carbonyl (C=O) groups excluding carboxylic acids is 1. The van der Waals surface area contributed by atoms with E-state index in [1.54, 1.807) is 6.92 Å². The van der Waals surface area contributed by atoms with Gasteiger partial charge >= 0.3 is 5.97 Å². The highest BCUT2D eigenvalue weighted by Gasteiger charge is 2.27. The fourth-order valence-electron chi connectivity index (χ4n) is 0.270. The van der Waals surface area contributed by atoms with Crippen molar-refractivity contribution in [2.24, 2.45) is 0 Å². The first-order valence-electron chi connectivity index (χ1n) is 2.99. The second kappa shape index (κ2) is 3.34. The number of rotatable bonds is 2. The molecule has 0 radical (unpaired) electrons. The minimum Gasteiger partial charge on any atom is -0.433 e. The van der Waals surface area contributed by atoms with Gasteiger partial charge in [-0.3, -0.25) is 0 Å². The second-order valence-corrected chi connectivity index (χ2v) is 2.35. The van der Waals surface area contributed by atoms with E-state index in [-0.39, 0.29) is 0 Å². The van der Waals surface area contributed by atoms with Gasteiger partial charge in [0.05, 0.1) is 6.26 Å². The Morgan fingerprint density at radius 3 is 2.40 bits per heavy atom. The highest BCUT2D eigenvalue weighted by molar-refractivity contribution is 5.78. The average Bonchev–Trinajstić information content (AvgIpc) is 1.80. The number of carbonyl (C=O) groups is 1. The van der Waals surface area contributed by atoms with Gasteiger partial charge in [-0.2, -0.15) is 0 Å². The SMILES string of the molecule is CC=COC(=O)C(C)(C)F. The number of esters is 1. The van der Waals surface area contributed by atoms with Crippen molar-refractivity contribution in [3.8, 4) is 0 Å². The van der Waals surface area contributed by atoms with Crippen LogP contribution < -0.4 is 0 Å². The molecule has 0 amide bonds. The van der Waals surface area contributed by atoms with E-state index in [9.17, 15) is 9.18 Å². The third-order valence-electron chi connectivity index (χ3n) is 0.797. The second-order valence-electron chi connectivity index (χ2n) is 2.35. The largest absolute Gasteiger partial charge is 0.433 e. The van der Waals surface area contributed by atoms with Crippen LogP contribution in [0.25, 0.3) is 0 Å². The molecular weight excluding hydrogens is 135 g/mol. The lowest BCUT2D eigenvalue weighted by Gasteiger charge is -2.09. The molecule has 0 saturated heterocycles. The van der Waals surface area contributed by atoms with Crippen LogP contribution in [0, 0.1) is 0 Å². The van der Waals surface area contributed by atoms with Crippen molar-refractivity contribution < 1.29 is 13.9 Å². The molecule has 0 spiro atoms. The number of ether oxygens (including phenoxy) is 1. The van der Waals surface area contributed by atoms with E-state index >= 15 is 0 Å². The van der Waals surface area contributed by atoms with Crippen molar-refractivity contribution in [1.82, 2.24) is 0 Å². The Morgan fingerprint density at radius 2 is 2.10 bits per heavy atom. The molecule has 10 heavy (non-hydrogen) atoms. The Hall–Kier alpha value is -0.860. The van der Waals surface area contributed by atoms with Crippen LogP contribution in [0.2, 0.25) is 0 Å². The molecule has 0 atom stereocenters. The van der Waals surface area contributed by atoms with E-state index in [1.165, 1.54) is 6.08 Å². The Kier molecular flexibility index (Phi) is 3.06. The Balaban J connectivity index is 3.86. The highest BCUT2D eigenvalue weighted by atomic mass is 19.1. The van der Waals surface area contributed by atoms with Crippen molar-refractivity contribution in [3.05, 3.63) is 12.3 Å². The summed E-state index contributed by atoms with van der Waals surface area (Å²) in [6, 6.07) is 0. The first-order chi connectivity index (χ1) is 4.48. The van der Waals surface area contributed by atoms with Crippen LogP contribution in [0.5, 0.6) is 0 Å². The van der Waals surface area contributed by atoms with Gasteiger partial charge in [-0.25, -0.2) is 9.18 Å². The summed E-state index contributed by atoms with van der Waals surface area (Å²) in [6.07, 6.45) is 2.67. The minimum absolute atomic E-state index is 0.870. The molecule has 0 aliphatic heterocycles. The third kappa shape index (κ3) is 3.22. The molecule has 58 valence electrons. The third-order valence-corrected chi connectivity index (χ3v) is 0.797. The summed E-state index contributed by atoms with van der Waals surface area (Å²) in [5, 5.41) is 0. The summed E-state index contributed by atoms with van der Waals surface area (Å²) in [5.74, 6) is -0.870. The van der Waals surface area contributed by atoms with E-state index in [2.05, 4.69) is 4.74 Å². The van der Waals surface area contributed by atoms with Crippen molar-refractivity contribution >= 4 is 5.97 Å². The summed E-state index contributed by atoms with van der Waals surface area (Å²) in [7, 11) is 0. The lowest BCUT2D eigenvalue weighted by molar-refractivity contribution is -0.149. The molecule has 0 bridgehead atoms. The van der Waals surface area contributed by atoms with Crippen molar-refractivity contribution in [2.45, 2.75) is 26.4 Å². The molecule has 0 aliphatic rings. The predicted molar refractivity (Wildman–Crippen MR) is 36.1 cm³/mol. The first kappa shape index (κ1) is 9.14. The van der Waals surface area contributed by atoms with Crippen LogP contribution in [-0.4, -0.2) is 11.6 Å². The summed E-state index contributed by atoms with van der Waals surface area (Å²) in [4.78, 5) is 10.6. The average molecular weight is 146 g/mol. The fraction of sp³-hybridized carbons (Fsp3) is 0.571. The van der Waals surface area contributed by atoms with Gasteiger partial charge in [-0.05, 0) is 20.8 Å². The zero-order chi connectivity index (χ0) is 8.20. The number of halogens is 1. The molecule has 0 heterocycles. The van der Waals surface area contributed by atoms with E-state index in [4.69, 9.17) is 0 Å². The lowest BCUT2D eigenvalue weighted by Crippen LogP contribution is -2.26. The zero-order valence-electron chi connectivity index (χ0n) is 6.35. The standard InChI is InChI=1S/C7H11FO2/c1-4-5-10-6(9)7(2,3)8/h4-5H,1-3H3. The van der Waals surface area contributed by atoms with E-state index in [0.717, 1.165) is 20.1 Å². The molecule has 0 aromatic carbocycles. The molecule has 3 heteroatoms. The Bertz CT molecular complexity index is 144. The fourth-order valence-corrected chi connectivity index (χ4v) is 0.270. The van der Waals surface area contributed by atoms with Gasteiger partial charge in [0.1, 0.15) is 0 Å². The van der Waals surface area contributed by atoms with Gasteiger partial charge in [0, 0.05) is 0 Å². The topological polar surface area (TPSA) is 26.3 Å². The molecular formula is C7H11FO2. The van der Waals surface area contributed by atoms with Crippen molar-refractivity contribution in [3.63, 3.8) is 0 Å². The summed E-state index contributed by atoms with van der Waals surface area (Å²) in [5.41, 5.74) is -1.90. The van der Waals surface area contributed by atoms with Crippen molar-refractivity contribution in [1.29, 1.82) is 0 Å². The molecule has 0 aliphatic carbocycles. The maximum Gasteiger partial charge on any atom is 0.348 e. The van der Waals surface area contributed by atoms with Crippen molar-refractivity contribution in [2.75, 3.05) is 0 Å². The van der Waals surface area contributed by atoms with Crippen LogP contribution in [0.1, 0.15) is 20.8 Å². The molecule has 2 nitrogen and oxygen atoms in total. The molecule has 0 rings (SSSR count). The quantitative estimate of drug-likeness (QED) is 0.438. The molecule has 0 unspecified atom stereocenters. The van der Waals surface area contributed by atoms with Gasteiger partial charge in [-0.15, -0.1) is 0 Å². The zero-order valence-corrected chi connectivity index (χ0v) is 6.35. The number of hydrogen-bond acceptors (Lipinski definition) is 2. The Morgan fingerprint density at radius 1 is 1.60 bits per heavy atom. The van der Waals surface area contributed by atoms with E-state index < -0.39 is 11.6 Å². The normalized spacial score (nSPS) is 12.0. The monoisotopic (exact) mass is 146 g/mol. The number of allylic oxidation sites excluding steroid dienone is 1. The maximum atomic E-state index is 12.6. The molecule has 0 saturated carbocycles. The Labute approximate surface area is 59.7 Å². The number of alkyl halides is 1. The van der Waals surface area contributed by atoms with Crippen LogP contribution in [0.15, 0.2) is 12.3 Å². The number of hydrogen-bond donors (Lipinski definition) is 0. The summed E-state index contributed by atoms with van der Waals surface area (Å²) >= 11 is 0. The molecule has 0 fully saturated rings. The molecule has 0 aromatic rings. The van der Waals surface area contributed by atoms with Crippen LogP contribution in [0.3, 0.4) is 0 Å². The molecule has 0 N–H and O–H groups in total. The maximum absolute atomic E-state index is 12.6. The lowest BCUT2D eigenvalue weighted by atomic mass is 10.2. The van der Waals surface area contributed by atoms with Gasteiger partial charge in [-0.1, -0.05) is 6.08 Å². The van der Waals surface area contributed by atoms with Crippen LogP contribution in [0.4, 0.5) is 4.39 Å². The van der Waals surface area contributed by atoms with Gasteiger partial charge in [0.25, 0.3) is 0 Å². The van der Waals surface area contributed by atoms with Crippen LogP contribution >= 0.6 is 0 Å². The van der Waals surface area contributed by atoms with Gasteiger partial charge in [0.15, 0.2) is 0 Å². The molecule has 0 aromatic heterocycles. The smallest absolute Gasteiger partial charge is 0.348 e. The first-order valence-corrected chi connectivity index (χ1v) is 2.99. The van der Waals surface area contributed by atoms with E-state index in [1.807, 2.05) is 0 Å². The van der Waals surface area contributed by atoms with E-state index in [0.29, 0.717) is 0 Å². The highest BCUT2D eigenvalue weighted by Crippen LogP contribution is 2.10. The van der Waals surface area contributed by atoms with Gasteiger partial charge < -0.3 is 4.74 Å². The predicted octanol–water partition coefficient (Wildman–Crippen LogP) is 1.81. The summed E-state index contributed by atoms with van der Waals surface area (Å²) < 4.78 is 17.0. The minimum atomic E-state index is -1.90.